The molecular weight excluding hydrogens is 159 g/mol. The van der Waals surface area contributed by atoms with Crippen LogP contribution in [0, 0.1) is 6.92 Å². The Kier molecular flexibility index (Phi) is 3.85. The summed E-state index contributed by atoms with van der Waals surface area (Å²) < 4.78 is 0. The average molecular weight is 174 g/mol. The largest absolute Gasteiger partial charge is 0.118 e. The van der Waals surface area contributed by atoms with Gasteiger partial charge in [-0.2, -0.15) is 0 Å². The Balaban J connectivity index is 2.79. The van der Waals surface area contributed by atoms with Crippen LogP contribution >= 0.6 is 0 Å². The average Bonchev–Trinajstić information content (AvgIpc) is 2.05. The summed E-state index contributed by atoms with van der Waals surface area (Å²) in [6.45, 7) is 4.49. The zero-order valence-electron chi connectivity index (χ0n) is 7.88. The molecule has 62 valence electrons. The summed E-state index contributed by atoms with van der Waals surface area (Å²) >= 11 is 2.79. The first-order valence-electron chi connectivity index (χ1n) is 4.51. The Morgan fingerprint density at radius 3 is 2.58 bits per heavy atom. The van der Waals surface area contributed by atoms with Gasteiger partial charge in [0.2, 0.25) is 0 Å². The molecule has 12 heavy (non-hydrogen) atoms. The van der Waals surface area contributed by atoms with Crippen molar-refractivity contribution in [3.63, 3.8) is 0 Å². The van der Waals surface area contributed by atoms with E-state index in [9.17, 15) is 0 Å². The van der Waals surface area contributed by atoms with Gasteiger partial charge in [-0.1, -0.05) is 37.6 Å². The molecule has 0 saturated heterocycles. The van der Waals surface area contributed by atoms with E-state index in [-0.39, 0.29) is 0 Å². The maximum atomic E-state index is 2.79. The van der Waals surface area contributed by atoms with E-state index in [0.717, 1.165) is 0 Å². The lowest BCUT2D eigenvalue weighted by molar-refractivity contribution is 0.727. The summed E-state index contributed by atoms with van der Waals surface area (Å²) in [4.78, 5) is 0. The van der Waals surface area contributed by atoms with Crippen LogP contribution in [0.4, 0.5) is 0 Å². The topological polar surface area (TPSA) is 0 Å². The molecule has 1 heteroatoms. The highest BCUT2D eigenvalue weighted by atomic mass is 27.0. The minimum atomic E-state index is 0.698. The second-order valence-corrected chi connectivity index (χ2v) is 3.91. The first-order valence-corrected chi connectivity index (χ1v) is 5.33. The second-order valence-electron chi connectivity index (χ2n) is 3.33. The maximum absolute atomic E-state index is 2.79. The third-order valence-corrected chi connectivity index (χ3v) is 2.65. The third kappa shape index (κ3) is 2.37. The van der Waals surface area contributed by atoms with Gasteiger partial charge in [0, 0.05) is 0 Å². The lowest BCUT2D eigenvalue weighted by Gasteiger charge is -2.13. The van der Waals surface area contributed by atoms with E-state index in [2.05, 4.69) is 54.4 Å². The van der Waals surface area contributed by atoms with Crippen LogP contribution in [0.2, 0.25) is 5.28 Å². The van der Waals surface area contributed by atoms with E-state index < -0.39 is 0 Å². The molecule has 1 rings (SSSR count). The summed E-state index contributed by atoms with van der Waals surface area (Å²) in [6, 6.07) is 8.66. The zero-order valence-corrected chi connectivity index (χ0v) is 9.03. The Morgan fingerprint density at radius 2 is 2.00 bits per heavy atom. The summed E-state index contributed by atoms with van der Waals surface area (Å²) in [6.07, 6.45) is 1.26. The van der Waals surface area contributed by atoms with Crippen LogP contribution in [0.3, 0.4) is 0 Å². The Bertz CT molecular complexity index is 243. The molecular formula is C11H15Al. The van der Waals surface area contributed by atoms with Gasteiger partial charge in [0.05, 0.1) is 0 Å². The van der Waals surface area contributed by atoms with Crippen LogP contribution in [0.5, 0.6) is 0 Å². The van der Waals surface area contributed by atoms with Gasteiger partial charge < -0.3 is 0 Å². The standard InChI is InChI=1S/C11H15.Al/c1-4-9(2)11-8-6-5-7-10(11)3;/h5-9H,1,4H2,2-3H3;. The molecule has 0 N–H and O–H groups in total. The van der Waals surface area contributed by atoms with E-state index in [0.29, 0.717) is 5.92 Å². The fourth-order valence-corrected chi connectivity index (χ4v) is 2.05. The molecule has 0 nitrogen and oxygen atoms in total. The molecule has 0 aliphatic rings. The minimum Gasteiger partial charge on any atom is -0.117 e. The van der Waals surface area contributed by atoms with E-state index in [1.165, 1.54) is 22.8 Å². The highest BCUT2D eigenvalue weighted by molar-refractivity contribution is 6.08. The molecule has 0 aliphatic heterocycles. The van der Waals surface area contributed by atoms with Crippen molar-refractivity contribution in [3.05, 3.63) is 35.4 Å². The van der Waals surface area contributed by atoms with Crippen LogP contribution in [0.15, 0.2) is 24.3 Å². The molecule has 0 saturated carbocycles. The van der Waals surface area contributed by atoms with Crippen molar-refractivity contribution in [2.75, 3.05) is 0 Å². The monoisotopic (exact) mass is 174 g/mol. The van der Waals surface area contributed by atoms with Gasteiger partial charge in [-0.25, -0.2) is 0 Å². The number of benzene rings is 1. The van der Waals surface area contributed by atoms with Crippen molar-refractivity contribution in [2.24, 2.45) is 0 Å². The highest BCUT2D eigenvalue weighted by Gasteiger charge is 2.05. The summed E-state index contributed by atoms with van der Waals surface area (Å²) in [5, 5.41) is 1.19. The Morgan fingerprint density at radius 1 is 1.33 bits per heavy atom. The van der Waals surface area contributed by atoms with Crippen molar-refractivity contribution in [2.45, 2.75) is 31.5 Å². The SMILES string of the molecule is Cc1ccccc1C(C)C[CH2][Al]. The highest BCUT2D eigenvalue weighted by Crippen LogP contribution is 2.22. The van der Waals surface area contributed by atoms with E-state index >= 15 is 0 Å². The fraction of sp³-hybridized carbons (Fsp3) is 0.455. The maximum Gasteiger partial charge on any atom is 0.118 e. The zero-order chi connectivity index (χ0) is 8.97. The van der Waals surface area contributed by atoms with Crippen LogP contribution in [0.25, 0.3) is 0 Å². The first-order chi connectivity index (χ1) is 5.75. The second kappa shape index (κ2) is 4.70. The lowest BCUT2D eigenvalue weighted by Crippen LogP contribution is -1.95. The number of hydrogen-bond acceptors (Lipinski definition) is 0. The smallest absolute Gasteiger partial charge is 0.117 e. The van der Waals surface area contributed by atoms with Crippen LogP contribution < -0.4 is 0 Å². The van der Waals surface area contributed by atoms with E-state index in [1.54, 1.807) is 0 Å². The van der Waals surface area contributed by atoms with Crippen molar-refractivity contribution >= 4 is 16.3 Å². The molecule has 1 aromatic rings. The molecule has 2 radical (unpaired) electrons. The van der Waals surface area contributed by atoms with Crippen LogP contribution in [-0.4, -0.2) is 16.3 Å². The molecule has 0 amide bonds. The summed E-state index contributed by atoms with van der Waals surface area (Å²) in [5.41, 5.74) is 2.92. The number of hydrogen-bond donors (Lipinski definition) is 0. The van der Waals surface area contributed by atoms with Gasteiger partial charge in [-0.3, -0.25) is 0 Å². The summed E-state index contributed by atoms with van der Waals surface area (Å²) in [7, 11) is 0. The minimum absolute atomic E-state index is 0.698. The normalized spacial score (nSPS) is 12.8. The van der Waals surface area contributed by atoms with Crippen molar-refractivity contribution in [3.8, 4) is 0 Å². The molecule has 0 aliphatic carbocycles. The quantitative estimate of drug-likeness (QED) is 0.618. The lowest BCUT2D eigenvalue weighted by atomic mass is 9.94. The van der Waals surface area contributed by atoms with E-state index in [4.69, 9.17) is 0 Å². The molecule has 0 heterocycles. The van der Waals surface area contributed by atoms with Crippen LogP contribution in [-0.2, 0) is 0 Å². The van der Waals surface area contributed by atoms with Crippen molar-refractivity contribution < 1.29 is 0 Å². The Labute approximate surface area is 83.4 Å². The van der Waals surface area contributed by atoms with Gasteiger partial charge in [0.25, 0.3) is 0 Å². The van der Waals surface area contributed by atoms with Gasteiger partial charge >= 0.3 is 0 Å². The van der Waals surface area contributed by atoms with Gasteiger partial charge in [-0.05, 0) is 24.0 Å². The fourth-order valence-electron chi connectivity index (χ4n) is 1.55. The molecule has 1 atom stereocenters. The van der Waals surface area contributed by atoms with E-state index in [1.807, 2.05) is 0 Å². The predicted octanol–water partition coefficient (Wildman–Crippen LogP) is 3.08. The van der Waals surface area contributed by atoms with Crippen LogP contribution in [0.1, 0.15) is 30.4 Å². The molecule has 0 bridgehead atoms. The Hall–Kier alpha value is -0.248. The van der Waals surface area contributed by atoms with Crippen molar-refractivity contribution in [1.82, 2.24) is 0 Å². The molecule has 1 unspecified atom stereocenters. The van der Waals surface area contributed by atoms with Gasteiger partial charge in [0.1, 0.15) is 16.3 Å². The molecule has 0 fully saturated rings. The first kappa shape index (κ1) is 9.84. The van der Waals surface area contributed by atoms with Crippen molar-refractivity contribution in [1.29, 1.82) is 0 Å². The van der Waals surface area contributed by atoms with Gasteiger partial charge in [0.15, 0.2) is 0 Å². The predicted molar refractivity (Wildman–Crippen MR) is 54.8 cm³/mol. The third-order valence-electron chi connectivity index (χ3n) is 2.32. The molecule has 0 spiro atoms. The number of aryl methyl sites for hydroxylation is 1. The number of rotatable bonds is 3. The molecule has 0 aromatic heterocycles. The van der Waals surface area contributed by atoms with Gasteiger partial charge in [-0.15, -0.1) is 5.28 Å². The summed E-state index contributed by atoms with van der Waals surface area (Å²) in [5.74, 6) is 0.698. The molecule has 1 aromatic carbocycles.